The van der Waals surface area contributed by atoms with Gasteiger partial charge in [0.15, 0.2) is 0 Å². The molecule has 132 valence electrons. The highest BCUT2D eigenvalue weighted by atomic mass is 16.5. The Morgan fingerprint density at radius 1 is 0.885 bits per heavy atom. The molecule has 3 aromatic rings. The summed E-state index contributed by atoms with van der Waals surface area (Å²) in [4.78, 5) is 20.6. The summed E-state index contributed by atoms with van der Waals surface area (Å²) >= 11 is 0. The predicted molar refractivity (Wildman–Crippen MR) is 99.3 cm³/mol. The van der Waals surface area contributed by atoms with Gasteiger partial charge in [0.1, 0.15) is 29.3 Å². The summed E-state index contributed by atoms with van der Waals surface area (Å²) in [6, 6.07) is 16.1. The largest absolute Gasteiger partial charge is 0.497 e. The third-order valence-corrected chi connectivity index (χ3v) is 3.59. The number of benzene rings is 2. The zero-order chi connectivity index (χ0) is 18.4. The van der Waals surface area contributed by atoms with E-state index in [1.54, 1.807) is 44.6 Å². The van der Waals surface area contributed by atoms with Crippen LogP contribution in [-0.4, -0.2) is 30.1 Å². The smallest absolute Gasteiger partial charge is 0.274 e. The third-order valence-electron chi connectivity index (χ3n) is 3.59. The Labute approximate surface area is 151 Å². The Hall–Kier alpha value is -3.61. The second kappa shape index (κ2) is 7.98. The number of methoxy groups -OCH3 is 2. The van der Waals surface area contributed by atoms with E-state index in [2.05, 4.69) is 20.6 Å². The van der Waals surface area contributed by atoms with Gasteiger partial charge in [-0.3, -0.25) is 4.79 Å². The first-order valence-corrected chi connectivity index (χ1v) is 7.86. The van der Waals surface area contributed by atoms with E-state index in [0.717, 1.165) is 11.4 Å². The van der Waals surface area contributed by atoms with Crippen molar-refractivity contribution in [2.24, 2.45) is 0 Å². The molecule has 0 radical (unpaired) electrons. The minimum Gasteiger partial charge on any atom is -0.497 e. The van der Waals surface area contributed by atoms with Crippen molar-refractivity contribution in [1.82, 2.24) is 9.97 Å². The minimum atomic E-state index is -0.335. The molecule has 0 aliphatic carbocycles. The van der Waals surface area contributed by atoms with Crippen LogP contribution >= 0.6 is 0 Å². The van der Waals surface area contributed by atoms with Crippen molar-refractivity contribution in [3.8, 4) is 11.5 Å². The Bertz CT molecular complexity index is 897. The molecule has 26 heavy (non-hydrogen) atoms. The lowest BCUT2D eigenvalue weighted by Crippen LogP contribution is -2.14. The maximum absolute atomic E-state index is 12.4. The molecule has 2 N–H and O–H groups in total. The summed E-state index contributed by atoms with van der Waals surface area (Å²) in [6.07, 6.45) is 1.34. The first-order chi connectivity index (χ1) is 12.7. The maximum Gasteiger partial charge on any atom is 0.274 e. The molecule has 1 amide bonds. The van der Waals surface area contributed by atoms with E-state index in [-0.39, 0.29) is 11.6 Å². The Morgan fingerprint density at radius 3 is 2.38 bits per heavy atom. The van der Waals surface area contributed by atoms with E-state index in [0.29, 0.717) is 17.3 Å². The zero-order valence-corrected chi connectivity index (χ0v) is 14.4. The van der Waals surface area contributed by atoms with Crippen molar-refractivity contribution in [3.63, 3.8) is 0 Å². The summed E-state index contributed by atoms with van der Waals surface area (Å²) in [5.41, 5.74) is 1.69. The minimum absolute atomic E-state index is 0.249. The van der Waals surface area contributed by atoms with Gasteiger partial charge in [0.2, 0.25) is 0 Å². The molecule has 0 saturated heterocycles. The first kappa shape index (κ1) is 17.2. The summed E-state index contributed by atoms with van der Waals surface area (Å²) in [6.45, 7) is 0. The summed E-state index contributed by atoms with van der Waals surface area (Å²) in [5.74, 6) is 1.60. The van der Waals surface area contributed by atoms with Crippen molar-refractivity contribution in [3.05, 3.63) is 66.6 Å². The molecule has 0 unspecified atom stereocenters. The number of rotatable bonds is 6. The molecule has 0 fully saturated rings. The fourth-order valence-corrected chi connectivity index (χ4v) is 2.27. The van der Waals surface area contributed by atoms with Crippen molar-refractivity contribution in [1.29, 1.82) is 0 Å². The maximum atomic E-state index is 12.4. The normalized spacial score (nSPS) is 10.1. The van der Waals surface area contributed by atoms with E-state index < -0.39 is 0 Å². The fraction of sp³-hybridized carbons (Fsp3) is 0.105. The molecule has 1 aromatic heterocycles. The average molecular weight is 350 g/mol. The average Bonchev–Trinajstić information content (AvgIpc) is 2.69. The van der Waals surface area contributed by atoms with Gasteiger partial charge in [-0.2, -0.15) is 0 Å². The standard InChI is InChI=1S/C19H18N4O3/c1-25-15-8-6-13(7-9-15)22-18-11-17(20-12-21-18)19(24)23-14-4-3-5-16(10-14)26-2/h3-12H,1-2H3,(H,23,24)(H,20,21,22). The lowest BCUT2D eigenvalue weighted by molar-refractivity contribution is 0.102. The van der Waals surface area contributed by atoms with Gasteiger partial charge >= 0.3 is 0 Å². The molecule has 7 heteroatoms. The molecule has 0 atom stereocenters. The fourth-order valence-electron chi connectivity index (χ4n) is 2.27. The quantitative estimate of drug-likeness (QED) is 0.708. The molecule has 0 aliphatic rings. The lowest BCUT2D eigenvalue weighted by Gasteiger charge is -2.09. The Balaban J connectivity index is 1.72. The Kier molecular flexibility index (Phi) is 5.28. The SMILES string of the molecule is COc1ccc(Nc2cc(C(=O)Nc3cccc(OC)c3)ncn2)cc1. The van der Waals surface area contributed by atoms with Crippen LogP contribution in [0.4, 0.5) is 17.2 Å². The van der Waals surface area contributed by atoms with Gasteiger partial charge in [0.05, 0.1) is 14.2 Å². The third kappa shape index (κ3) is 4.27. The Morgan fingerprint density at radius 2 is 1.65 bits per heavy atom. The molecule has 1 heterocycles. The highest BCUT2D eigenvalue weighted by molar-refractivity contribution is 6.03. The van der Waals surface area contributed by atoms with E-state index in [4.69, 9.17) is 9.47 Å². The number of nitrogens with zero attached hydrogens (tertiary/aromatic N) is 2. The van der Waals surface area contributed by atoms with Crippen LogP contribution in [-0.2, 0) is 0 Å². The molecular formula is C19H18N4O3. The van der Waals surface area contributed by atoms with Crippen LogP contribution in [0.25, 0.3) is 0 Å². The monoisotopic (exact) mass is 350 g/mol. The number of nitrogens with one attached hydrogen (secondary N) is 2. The molecule has 2 aromatic carbocycles. The van der Waals surface area contributed by atoms with E-state index in [9.17, 15) is 4.79 Å². The number of hydrogen-bond acceptors (Lipinski definition) is 6. The predicted octanol–water partition coefficient (Wildman–Crippen LogP) is 3.49. The van der Waals surface area contributed by atoms with Crippen molar-refractivity contribution in [2.75, 3.05) is 24.9 Å². The number of aromatic nitrogens is 2. The van der Waals surface area contributed by atoms with Gasteiger partial charge < -0.3 is 20.1 Å². The molecule has 3 rings (SSSR count). The summed E-state index contributed by atoms with van der Waals surface area (Å²) < 4.78 is 10.3. The highest BCUT2D eigenvalue weighted by Gasteiger charge is 2.10. The number of ether oxygens (including phenoxy) is 2. The zero-order valence-electron chi connectivity index (χ0n) is 14.4. The van der Waals surface area contributed by atoms with Crippen LogP contribution < -0.4 is 20.1 Å². The second-order valence-electron chi connectivity index (χ2n) is 5.33. The van der Waals surface area contributed by atoms with Crippen LogP contribution in [0.3, 0.4) is 0 Å². The number of anilines is 3. The summed E-state index contributed by atoms with van der Waals surface area (Å²) in [7, 11) is 3.18. The van der Waals surface area contributed by atoms with Crippen molar-refractivity contribution in [2.45, 2.75) is 0 Å². The number of amides is 1. The van der Waals surface area contributed by atoms with Gasteiger partial charge in [-0.15, -0.1) is 0 Å². The highest BCUT2D eigenvalue weighted by Crippen LogP contribution is 2.20. The van der Waals surface area contributed by atoms with Crippen LogP contribution in [0.15, 0.2) is 60.9 Å². The van der Waals surface area contributed by atoms with Gasteiger partial charge in [0.25, 0.3) is 5.91 Å². The lowest BCUT2D eigenvalue weighted by atomic mass is 10.2. The van der Waals surface area contributed by atoms with Crippen LogP contribution in [0.1, 0.15) is 10.5 Å². The van der Waals surface area contributed by atoms with E-state index in [1.807, 2.05) is 24.3 Å². The molecule has 0 aliphatic heterocycles. The van der Waals surface area contributed by atoms with Crippen molar-refractivity contribution >= 4 is 23.1 Å². The molecular weight excluding hydrogens is 332 g/mol. The number of hydrogen-bond donors (Lipinski definition) is 2. The molecule has 0 bridgehead atoms. The van der Waals surface area contributed by atoms with Gasteiger partial charge in [-0.25, -0.2) is 9.97 Å². The van der Waals surface area contributed by atoms with Gasteiger partial charge in [-0.05, 0) is 36.4 Å². The summed E-state index contributed by atoms with van der Waals surface area (Å²) in [5, 5.41) is 5.91. The van der Waals surface area contributed by atoms with Crippen molar-refractivity contribution < 1.29 is 14.3 Å². The van der Waals surface area contributed by atoms with E-state index >= 15 is 0 Å². The molecule has 7 nitrogen and oxygen atoms in total. The second-order valence-corrected chi connectivity index (χ2v) is 5.33. The number of carbonyl (C=O) groups excluding carboxylic acids is 1. The van der Waals surface area contributed by atoms with Crippen LogP contribution in [0.2, 0.25) is 0 Å². The molecule has 0 saturated carbocycles. The van der Waals surface area contributed by atoms with E-state index in [1.165, 1.54) is 6.33 Å². The first-order valence-electron chi connectivity index (χ1n) is 7.86. The molecule has 0 spiro atoms. The van der Waals surface area contributed by atoms with Gasteiger partial charge in [0, 0.05) is 23.5 Å². The van der Waals surface area contributed by atoms with Gasteiger partial charge in [-0.1, -0.05) is 6.07 Å². The number of carbonyl (C=O) groups is 1. The van der Waals surface area contributed by atoms with Crippen LogP contribution in [0, 0.1) is 0 Å². The topological polar surface area (TPSA) is 85.4 Å². The van der Waals surface area contributed by atoms with Crippen LogP contribution in [0.5, 0.6) is 11.5 Å².